The minimum Gasteiger partial charge on any atom is -0.331 e. The first-order chi connectivity index (χ1) is 9.68. The summed E-state index contributed by atoms with van der Waals surface area (Å²) in [5, 5.41) is 1.95. The second kappa shape index (κ2) is 5.28. The van der Waals surface area contributed by atoms with Gasteiger partial charge in [0.2, 0.25) is 5.95 Å². The lowest BCUT2D eigenvalue weighted by atomic mass is 10.1. The van der Waals surface area contributed by atoms with Crippen molar-refractivity contribution in [1.29, 1.82) is 0 Å². The fourth-order valence-electron chi connectivity index (χ4n) is 2.52. The van der Waals surface area contributed by atoms with E-state index in [0.29, 0.717) is 6.54 Å². The van der Waals surface area contributed by atoms with Gasteiger partial charge in [-0.3, -0.25) is 4.79 Å². The SMILES string of the molecule is O=C(c1ccnc(F)c1F)N1CCCC1c1cccs1. The van der Waals surface area contributed by atoms with Crippen molar-refractivity contribution in [1.82, 2.24) is 9.88 Å². The number of hydrogen-bond acceptors (Lipinski definition) is 3. The van der Waals surface area contributed by atoms with Gasteiger partial charge in [0, 0.05) is 17.6 Å². The summed E-state index contributed by atoms with van der Waals surface area (Å²) in [6.45, 7) is 0.560. The zero-order valence-electron chi connectivity index (χ0n) is 10.6. The van der Waals surface area contributed by atoms with E-state index in [-0.39, 0.29) is 11.6 Å². The lowest BCUT2D eigenvalue weighted by Gasteiger charge is -2.24. The maximum Gasteiger partial charge on any atom is 0.257 e. The van der Waals surface area contributed by atoms with Gasteiger partial charge >= 0.3 is 0 Å². The summed E-state index contributed by atoms with van der Waals surface area (Å²) in [4.78, 5) is 18.3. The van der Waals surface area contributed by atoms with E-state index in [1.165, 1.54) is 6.07 Å². The van der Waals surface area contributed by atoms with Gasteiger partial charge in [-0.2, -0.15) is 4.39 Å². The maximum atomic E-state index is 13.7. The first-order valence-corrected chi connectivity index (χ1v) is 7.21. The van der Waals surface area contributed by atoms with Gasteiger partial charge in [0.05, 0.1) is 11.6 Å². The molecular formula is C14H12F2N2OS. The molecule has 0 aliphatic carbocycles. The van der Waals surface area contributed by atoms with Crippen molar-refractivity contribution in [2.24, 2.45) is 0 Å². The molecule has 1 saturated heterocycles. The Morgan fingerprint density at radius 2 is 2.25 bits per heavy atom. The van der Waals surface area contributed by atoms with Crippen molar-refractivity contribution in [3.63, 3.8) is 0 Å². The molecule has 2 aromatic heterocycles. The Kier molecular flexibility index (Phi) is 3.48. The van der Waals surface area contributed by atoms with Gasteiger partial charge in [0.15, 0.2) is 5.82 Å². The van der Waals surface area contributed by atoms with Gasteiger partial charge in [-0.15, -0.1) is 11.3 Å². The first kappa shape index (κ1) is 13.2. The van der Waals surface area contributed by atoms with Crippen LogP contribution in [0.1, 0.15) is 34.1 Å². The van der Waals surface area contributed by atoms with Crippen molar-refractivity contribution in [2.75, 3.05) is 6.54 Å². The number of carbonyl (C=O) groups is 1. The van der Waals surface area contributed by atoms with E-state index >= 15 is 0 Å². The lowest BCUT2D eigenvalue weighted by molar-refractivity contribution is 0.0731. The number of rotatable bonds is 2. The highest BCUT2D eigenvalue weighted by molar-refractivity contribution is 7.10. The molecule has 0 saturated carbocycles. The van der Waals surface area contributed by atoms with E-state index in [0.717, 1.165) is 23.9 Å². The van der Waals surface area contributed by atoms with Crippen molar-refractivity contribution < 1.29 is 13.6 Å². The van der Waals surface area contributed by atoms with Crippen LogP contribution < -0.4 is 0 Å². The van der Waals surface area contributed by atoms with Crippen LogP contribution in [0.15, 0.2) is 29.8 Å². The summed E-state index contributed by atoms with van der Waals surface area (Å²) < 4.78 is 26.8. The molecule has 0 aromatic carbocycles. The molecule has 0 N–H and O–H groups in total. The Labute approximate surface area is 118 Å². The van der Waals surface area contributed by atoms with Gasteiger partial charge in [-0.05, 0) is 30.4 Å². The van der Waals surface area contributed by atoms with Crippen LogP contribution in [0.2, 0.25) is 0 Å². The Hall–Kier alpha value is -1.82. The molecule has 0 radical (unpaired) electrons. The van der Waals surface area contributed by atoms with Crippen LogP contribution in [0.5, 0.6) is 0 Å². The van der Waals surface area contributed by atoms with E-state index in [1.807, 2.05) is 17.5 Å². The average molecular weight is 294 g/mol. The van der Waals surface area contributed by atoms with Crippen molar-refractivity contribution >= 4 is 17.2 Å². The molecule has 1 amide bonds. The van der Waals surface area contributed by atoms with Gasteiger partial charge in [-0.25, -0.2) is 9.37 Å². The smallest absolute Gasteiger partial charge is 0.257 e. The molecule has 1 atom stereocenters. The lowest BCUT2D eigenvalue weighted by Crippen LogP contribution is -2.31. The third-order valence-corrected chi connectivity index (χ3v) is 4.44. The number of aromatic nitrogens is 1. The van der Waals surface area contributed by atoms with E-state index in [1.54, 1.807) is 16.2 Å². The molecule has 20 heavy (non-hydrogen) atoms. The predicted octanol–water partition coefficient (Wildman–Crippen LogP) is 3.40. The number of amides is 1. The van der Waals surface area contributed by atoms with E-state index in [9.17, 15) is 13.6 Å². The molecule has 104 valence electrons. The second-order valence-electron chi connectivity index (χ2n) is 4.64. The molecule has 1 unspecified atom stereocenters. The molecule has 1 aliphatic heterocycles. The number of carbonyl (C=O) groups excluding carboxylic acids is 1. The van der Waals surface area contributed by atoms with Crippen molar-refractivity contribution in [2.45, 2.75) is 18.9 Å². The van der Waals surface area contributed by atoms with E-state index < -0.39 is 17.7 Å². The molecule has 0 bridgehead atoms. The number of thiophene rings is 1. The van der Waals surface area contributed by atoms with Gasteiger partial charge < -0.3 is 4.90 Å². The molecule has 1 aliphatic rings. The summed E-state index contributed by atoms with van der Waals surface area (Å²) >= 11 is 1.57. The third-order valence-electron chi connectivity index (χ3n) is 3.46. The topological polar surface area (TPSA) is 33.2 Å². The standard InChI is InChI=1S/C14H12F2N2OS/c15-12-9(5-6-17-13(12)16)14(19)18-7-1-3-10(18)11-4-2-8-20-11/h2,4-6,8,10H,1,3,7H2. The van der Waals surface area contributed by atoms with Crippen molar-refractivity contribution in [3.05, 3.63) is 52.0 Å². The Balaban J connectivity index is 1.92. The number of halogens is 2. The van der Waals surface area contributed by atoms with Crippen LogP contribution in [-0.4, -0.2) is 22.3 Å². The molecule has 3 nitrogen and oxygen atoms in total. The Morgan fingerprint density at radius 3 is 3.00 bits per heavy atom. The minimum absolute atomic E-state index is 0.0434. The first-order valence-electron chi connectivity index (χ1n) is 6.33. The zero-order chi connectivity index (χ0) is 14.1. The zero-order valence-corrected chi connectivity index (χ0v) is 11.4. The van der Waals surface area contributed by atoms with E-state index in [4.69, 9.17) is 0 Å². The summed E-state index contributed by atoms with van der Waals surface area (Å²) in [6.07, 6.45) is 2.83. The number of pyridine rings is 1. The monoisotopic (exact) mass is 294 g/mol. The molecule has 3 heterocycles. The number of hydrogen-bond donors (Lipinski definition) is 0. The summed E-state index contributed by atoms with van der Waals surface area (Å²) in [7, 11) is 0. The highest BCUT2D eigenvalue weighted by atomic mass is 32.1. The molecular weight excluding hydrogens is 282 g/mol. The van der Waals surface area contributed by atoms with E-state index in [2.05, 4.69) is 4.98 Å². The third kappa shape index (κ3) is 2.20. The van der Waals surface area contributed by atoms with Crippen LogP contribution in [-0.2, 0) is 0 Å². The molecule has 3 rings (SSSR count). The predicted molar refractivity (Wildman–Crippen MR) is 71.5 cm³/mol. The largest absolute Gasteiger partial charge is 0.331 e. The van der Waals surface area contributed by atoms with Crippen LogP contribution in [0.25, 0.3) is 0 Å². The average Bonchev–Trinajstić information content (AvgIpc) is 3.10. The maximum absolute atomic E-state index is 13.7. The quantitative estimate of drug-likeness (QED) is 0.795. The van der Waals surface area contributed by atoms with Crippen LogP contribution >= 0.6 is 11.3 Å². The van der Waals surface area contributed by atoms with Crippen molar-refractivity contribution in [3.8, 4) is 0 Å². The molecule has 1 fully saturated rings. The van der Waals surface area contributed by atoms with Crippen LogP contribution in [0, 0.1) is 11.8 Å². The molecule has 6 heteroatoms. The van der Waals surface area contributed by atoms with Gasteiger partial charge in [-0.1, -0.05) is 6.07 Å². The summed E-state index contributed by atoms with van der Waals surface area (Å²) in [5.74, 6) is -2.88. The number of nitrogens with zero attached hydrogens (tertiary/aromatic N) is 2. The molecule has 0 spiro atoms. The fourth-order valence-corrected chi connectivity index (χ4v) is 3.40. The Bertz CT molecular complexity index is 630. The highest BCUT2D eigenvalue weighted by Gasteiger charge is 2.32. The molecule has 2 aromatic rings. The number of likely N-dealkylation sites (tertiary alicyclic amines) is 1. The fraction of sp³-hybridized carbons (Fsp3) is 0.286. The summed E-state index contributed by atoms with van der Waals surface area (Å²) in [6, 6.07) is 5.07. The summed E-state index contributed by atoms with van der Waals surface area (Å²) in [5.41, 5.74) is -0.249. The van der Waals surface area contributed by atoms with Gasteiger partial charge in [0.25, 0.3) is 5.91 Å². The second-order valence-corrected chi connectivity index (χ2v) is 5.61. The normalized spacial score (nSPS) is 18.5. The Morgan fingerprint density at radius 1 is 1.40 bits per heavy atom. The van der Waals surface area contributed by atoms with Crippen LogP contribution in [0.4, 0.5) is 8.78 Å². The van der Waals surface area contributed by atoms with Gasteiger partial charge in [0.1, 0.15) is 0 Å². The highest BCUT2D eigenvalue weighted by Crippen LogP contribution is 2.35. The van der Waals surface area contributed by atoms with Crippen LogP contribution in [0.3, 0.4) is 0 Å². The minimum atomic E-state index is -1.23.